The third-order valence-electron chi connectivity index (χ3n) is 4.16. The molecular weight excluding hydrogens is 265 g/mol. The average Bonchev–Trinajstić information content (AvgIpc) is 2.86. The lowest BCUT2D eigenvalue weighted by atomic mass is 10.0. The van der Waals surface area contributed by atoms with Gasteiger partial charge >= 0.3 is 0 Å². The van der Waals surface area contributed by atoms with Crippen molar-refractivity contribution < 1.29 is 9.13 Å². The molecule has 0 radical (unpaired) electrons. The van der Waals surface area contributed by atoms with Crippen molar-refractivity contribution in [1.29, 1.82) is 0 Å². The van der Waals surface area contributed by atoms with Crippen molar-refractivity contribution in [2.75, 3.05) is 6.54 Å². The van der Waals surface area contributed by atoms with E-state index in [0.29, 0.717) is 6.04 Å². The maximum atomic E-state index is 13.2. The van der Waals surface area contributed by atoms with Crippen molar-refractivity contribution in [3.63, 3.8) is 0 Å². The Hall–Kier alpha value is -1.09. The lowest BCUT2D eigenvalue weighted by Crippen LogP contribution is -2.30. The van der Waals surface area contributed by atoms with Crippen molar-refractivity contribution in [3.8, 4) is 5.75 Å². The monoisotopic (exact) mass is 293 g/mol. The lowest BCUT2D eigenvalue weighted by molar-refractivity contribution is 0.214. The van der Waals surface area contributed by atoms with E-state index in [9.17, 15) is 4.39 Å². The molecule has 1 aromatic carbocycles. The second-order valence-electron chi connectivity index (χ2n) is 6.07. The fourth-order valence-corrected chi connectivity index (χ4v) is 3.09. The van der Waals surface area contributed by atoms with Crippen LogP contribution in [0.25, 0.3) is 0 Å². The zero-order valence-corrected chi connectivity index (χ0v) is 13.3. The molecule has 1 N–H and O–H groups in total. The van der Waals surface area contributed by atoms with Gasteiger partial charge < -0.3 is 10.1 Å². The Morgan fingerprint density at radius 2 is 2.14 bits per heavy atom. The van der Waals surface area contributed by atoms with Crippen LogP contribution in [-0.4, -0.2) is 18.7 Å². The smallest absolute Gasteiger partial charge is 0.123 e. The van der Waals surface area contributed by atoms with E-state index in [4.69, 9.17) is 4.74 Å². The summed E-state index contributed by atoms with van der Waals surface area (Å²) in [6.45, 7) is 5.56. The number of ether oxygens (including phenoxy) is 1. The summed E-state index contributed by atoms with van der Waals surface area (Å²) in [6, 6.07) is 5.48. The van der Waals surface area contributed by atoms with Crippen LogP contribution in [0.2, 0.25) is 0 Å². The van der Waals surface area contributed by atoms with Gasteiger partial charge in [0.05, 0.1) is 0 Å². The number of fused-ring (bicyclic) bond motifs is 1. The van der Waals surface area contributed by atoms with Gasteiger partial charge in [0.1, 0.15) is 17.7 Å². The average molecular weight is 293 g/mol. The van der Waals surface area contributed by atoms with Gasteiger partial charge in [0, 0.05) is 18.0 Å². The molecular formula is C18H28FNO. The zero-order valence-electron chi connectivity index (χ0n) is 13.3. The number of benzene rings is 1. The molecule has 1 aliphatic rings. The Balaban J connectivity index is 1.72. The highest BCUT2D eigenvalue weighted by Crippen LogP contribution is 2.31. The molecule has 21 heavy (non-hydrogen) atoms. The van der Waals surface area contributed by atoms with Gasteiger partial charge in [-0.2, -0.15) is 0 Å². The predicted molar refractivity (Wildman–Crippen MR) is 85.4 cm³/mol. The van der Waals surface area contributed by atoms with Crippen molar-refractivity contribution in [2.24, 2.45) is 0 Å². The first-order chi connectivity index (χ1) is 10.2. The van der Waals surface area contributed by atoms with Crippen LogP contribution in [-0.2, 0) is 6.42 Å². The molecule has 0 saturated heterocycles. The van der Waals surface area contributed by atoms with Crippen molar-refractivity contribution in [2.45, 2.75) is 70.9 Å². The normalized spacial score (nSPS) is 18.3. The zero-order chi connectivity index (χ0) is 15.1. The molecule has 1 aromatic rings. The second kappa shape index (κ2) is 8.38. The van der Waals surface area contributed by atoms with Gasteiger partial charge in [-0.25, -0.2) is 4.39 Å². The fraction of sp³-hybridized carbons (Fsp3) is 0.667. The van der Waals surface area contributed by atoms with E-state index in [1.54, 1.807) is 12.1 Å². The van der Waals surface area contributed by atoms with Crippen LogP contribution < -0.4 is 10.1 Å². The minimum Gasteiger partial charge on any atom is -0.490 e. The van der Waals surface area contributed by atoms with Gasteiger partial charge in [0.25, 0.3) is 0 Å². The van der Waals surface area contributed by atoms with Crippen molar-refractivity contribution in [3.05, 3.63) is 29.6 Å². The highest BCUT2D eigenvalue weighted by molar-refractivity contribution is 5.37. The van der Waals surface area contributed by atoms with Gasteiger partial charge in [0.15, 0.2) is 0 Å². The highest BCUT2D eigenvalue weighted by atomic mass is 19.1. The molecule has 0 amide bonds. The Morgan fingerprint density at radius 1 is 1.29 bits per heavy atom. The number of nitrogens with one attached hydrogen (secondary N) is 1. The molecule has 0 bridgehead atoms. The molecule has 0 aromatic heterocycles. The molecule has 2 atom stereocenters. The molecule has 2 unspecified atom stereocenters. The van der Waals surface area contributed by atoms with Crippen LogP contribution in [0.5, 0.6) is 5.75 Å². The summed E-state index contributed by atoms with van der Waals surface area (Å²) in [5.41, 5.74) is 1.02. The van der Waals surface area contributed by atoms with Gasteiger partial charge in [-0.3, -0.25) is 0 Å². The van der Waals surface area contributed by atoms with Gasteiger partial charge in [-0.05, 0) is 56.8 Å². The topological polar surface area (TPSA) is 21.3 Å². The van der Waals surface area contributed by atoms with Crippen LogP contribution >= 0.6 is 0 Å². The van der Waals surface area contributed by atoms with Crippen LogP contribution in [0.15, 0.2) is 18.2 Å². The molecule has 2 rings (SSSR count). The van der Waals surface area contributed by atoms with E-state index in [2.05, 4.69) is 19.2 Å². The number of hydrogen-bond acceptors (Lipinski definition) is 2. The van der Waals surface area contributed by atoms with E-state index in [-0.39, 0.29) is 11.9 Å². The van der Waals surface area contributed by atoms with Crippen LogP contribution in [0.4, 0.5) is 4.39 Å². The summed E-state index contributed by atoms with van der Waals surface area (Å²) in [6.07, 6.45) is 8.19. The minimum atomic E-state index is -0.162. The first-order valence-corrected chi connectivity index (χ1v) is 8.41. The van der Waals surface area contributed by atoms with Gasteiger partial charge in [-0.1, -0.05) is 20.3 Å². The number of halogens is 1. The molecule has 1 aliphatic heterocycles. The van der Waals surface area contributed by atoms with E-state index in [1.807, 2.05) is 0 Å². The molecule has 0 aliphatic carbocycles. The Bertz CT molecular complexity index is 435. The van der Waals surface area contributed by atoms with E-state index in [1.165, 1.54) is 38.2 Å². The standard InChI is InChI=1S/C18H28FNO/c1-3-6-16(20-11-4-2)7-5-8-17-13-14-12-15(19)9-10-18(14)21-17/h9-10,12,16-17,20H,3-8,11,13H2,1-2H3. The largest absolute Gasteiger partial charge is 0.490 e. The molecule has 118 valence electrons. The first-order valence-electron chi connectivity index (χ1n) is 8.41. The summed E-state index contributed by atoms with van der Waals surface area (Å²) < 4.78 is 19.1. The van der Waals surface area contributed by atoms with Crippen LogP contribution in [0.3, 0.4) is 0 Å². The molecule has 3 heteroatoms. The van der Waals surface area contributed by atoms with Gasteiger partial charge in [0.2, 0.25) is 0 Å². The molecule has 0 spiro atoms. The third kappa shape index (κ3) is 4.99. The summed E-state index contributed by atoms with van der Waals surface area (Å²) in [7, 11) is 0. The van der Waals surface area contributed by atoms with Crippen LogP contribution in [0, 0.1) is 5.82 Å². The SMILES string of the molecule is CCCNC(CCC)CCCC1Cc2cc(F)ccc2O1. The summed E-state index contributed by atoms with van der Waals surface area (Å²) in [5, 5.41) is 3.63. The predicted octanol–water partition coefficient (Wildman–Crippen LogP) is 4.47. The number of rotatable bonds is 9. The van der Waals surface area contributed by atoms with Crippen molar-refractivity contribution in [1.82, 2.24) is 5.32 Å². The fourth-order valence-electron chi connectivity index (χ4n) is 3.09. The second-order valence-corrected chi connectivity index (χ2v) is 6.07. The molecule has 2 nitrogen and oxygen atoms in total. The van der Waals surface area contributed by atoms with Gasteiger partial charge in [-0.15, -0.1) is 0 Å². The van der Waals surface area contributed by atoms with Crippen LogP contribution in [0.1, 0.15) is 57.9 Å². The summed E-state index contributed by atoms with van der Waals surface area (Å²) >= 11 is 0. The number of hydrogen-bond donors (Lipinski definition) is 1. The molecule has 0 saturated carbocycles. The maximum Gasteiger partial charge on any atom is 0.123 e. The van der Waals surface area contributed by atoms with Crippen molar-refractivity contribution >= 4 is 0 Å². The quantitative estimate of drug-likeness (QED) is 0.725. The lowest BCUT2D eigenvalue weighted by Gasteiger charge is -2.18. The van der Waals surface area contributed by atoms with E-state index < -0.39 is 0 Å². The Morgan fingerprint density at radius 3 is 2.90 bits per heavy atom. The maximum absolute atomic E-state index is 13.2. The first kappa shape index (κ1) is 16.3. The van der Waals surface area contributed by atoms with E-state index >= 15 is 0 Å². The Labute approximate surface area is 128 Å². The molecule has 0 fully saturated rings. The summed E-state index contributed by atoms with van der Waals surface area (Å²) in [4.78, 5) is 0. The summed E-state index contributed by atoms with van der Waals surface area (Å²) in [5.74, 6) is 0.709. The van der Waals surface area contributed by atoms with E-state index in [0.717, 1.165) is 30.7 Å². The Kier molecular flexibility index (Phi) is 6.50. The third-order valence-corrected chi connectivity index (χ3v) is 4.16. The molecule has 1 heterocycles. The highest BCUT2D eigenvalue weighted by Gasteiger charge is 2.23. The minimum absolute atomic E-state index is 0.162.